The van der Waals surface area contributed by atoms with Gasteiger partial charge >= 0.3 is 0 Å². The number of hydrogen-bond donors (Lipinski definition) is 0. The van der Waals surface area contributed by atoms with Crippen molar-refractivity contribution < 1.29 is 9.59 Å². The molecule has 2 aliphatic carbocycles. The summed E-state index contributed by atoms with van der Waals surface area (Å²) in [6, 6.07) is 25.2. The molecule has 0 N–H and O–H groups in total. The fourth-order valence-electron chi connectivity index (χ4n) is 5.99. The first-order valence-electron chi connectivity index (χ1n) is 13.9. The van der Waals surface area contributed by atoms with Crippen molar-refractivity contribution in [3.05, 3.63) is 83.9 Å². The highest BCUT2D eigenvalue weighted by atomic mass is 32.1. The Morgan fingerprint density at radius 3 is 1.93 bits per heavy atom. The monoisotopic (exact) mass is 576 g/mol. The van der Waals surface area contributed by atoms with E-state index in [1.54, 1.807) is 11.3 Å². The highest BCUT2D eigenvalue weighted by Crippen LogP contribution is 2.44. The summed E-state index contributed by atoms with van der Waals surface area (Å²) in [5, 5.41) is 1.08. The molecule has 8 heteroatoms. The van der Waals surface area contributed by atoms with E-state index in [1.165, 1.54) is 11.1 Å². The van der Waals surface area contributed by atoms with Gasteiger partial charge in [0.2, 0.25) is 0 Å². The van der Waals surface area contributed by atoms with Crippen molar-refractivity contribution in [2.24, 2.45) is 16.8 Å². The van der Waals surface area contributed by atoms with Gasteiger partial charge in [-0.15, -0.1) is 11.3 Å². The van der Waals surface area contributed by atoms with E-state index in [1.807, 2.05) is 12.1 Å². The molecule has 0 bridgehead atoms. The average molecular weight is 577 g/mol. The number of anilines is 3. The summed E-state index contributed by atoms with van der Waals surface area (Å²) in [5.41, 5.74) is 7.55. The number of aliphatic imine (C=N–C) groups is 1. The minimum absolute atomic E-state index is 0.0918. The van der Waals surface area contributed by atoms with Gasteiger partial charge in [-0.1, -0.05) is 48.2 Å². The van der Waals surface area contributed by atoms with Gasteiger partial charge in [0.25, 0.3) is 0 Å². The summed E-state index contributed by atoms with van der Waals surface area (Å²) in [4.78, 5) is 34.1. The van der Waals surface area contributed by atoms with Crippen LogP contribution in [0.5, 0.6) is 0 Å². The molecule has 2 fully saturated rings. The maximum atomic E-state index is 13.1. The van der Waals surface area contributed by atoms with Crippen molar-refractivity contribution in [1.29, 1.82) is 0 Å². The number of carbonyl (C=O) groups excluding carboxylic acids is 2. The standard InChI is InChI=1S/C33H28N4O2S2/c1-19-7-11-21(12-8-19)37(22-13-9-20(2)10-14-22)28-18-17-27(40-28)25-15-16-26(30-29(25)35-41-36-30)34-31-32(38)23-5-3-4-6-24(23)33(31)39/h7-18,23-24H,3-6H2,1-2H3. The average Bonchev–Trinajstić information content (AvgIpc) is 3.73. The topological polar surface area (TPSA) is 75.5 Å². The summed E-state index contributed by atoms with van der Waals surface area (Å²) < 4.78 is 9.15. The lowest BCUT2D eigenvalue weighted by atomic mass is 9.81. The minimum Gasteiger partial charge on any atom is -0.302 e. The first-order valence-corrected chi connectivity index (χ1v) is 15.5. The Morgan fingerprint density at radius 1 is 0.732 bits per heavy atom. The van der Waals surface area contributed by atoms with E-state index in [0.29, 0.717) is 11.2 Å². The molecular weight excluding hydrogens is 549 g/mol. The van der Waals surface area contributed by atoms with E-state index in [2.05, 4.69) is 93.2 Å². The van der Waals surface area contributed by atoms with E-state index in [0.717, 1.165) is 69.7 Å². The van der Waals surface area contributed by atoms with Crippen LogP contribution in [0, 0.1) is 25.7 Å². The van der Waals surface area contributed by atoms with Crippen molar-refractivity contribution in [2.75, 3.05) is 4.90 Å². The van der Waals surface area contributed by atoms with Crippen molar-refractivity contribution in [3.8, 4) is 10.4 Å². The smallest absolute Gasteiger partial charge is 0.188 e. The van der Waals surface area contributed by atoms with Crippen LogP contribution in [0.25, 0.3) is 21.5 Å². The zero-order chi connectivity index (χ0) is 28.1. The number of rotatable bonds is 5. The van der Waals surface area contributed by atoms with Crippen molar-refractivity contribution in [2.45, 2.75) is 39.5 Å². The number of ketones is 2. The molecule has 2 aromatic heterocycles. The molecule has 6 nitrogen and oxygen atoms in total. The predicted molar refractivity (Wildman–Crippen MR) is 167 cm³/mol. The highest BCUT2D eigenvalue weighted by molar-refractivity contribution is 7.19. The highest BCUT2D eigenvalue weighted by Gasteiger charge is 2.47. The maximum Gasteiger partial charge on any atom is 0.188 e. The Hall–Kier alpha value is -4.01. The van der Waals surface area contributed by atoms with Crippen LogP contribution >= 0.6 is 23.1 Å². The number of benzene rings is 3. The molecule has 7 rings (SSSR count). The second-order valence-corrected chi connectivity index (χ2v) is 12.5. The molecule has 204 valence electrons. The number of aromatic nitrogens is 2. The SMILES string of the molecule is Cc1ccc(N(c2ccc(C)cc2)c2ccc(-c3ccc(N=C4C(=O)C5CCCCC5C4=O)c4nsnc34)s2)cc1. The fourth-order valence-corrected chi connectivity index (χ4v) is 7.63. The van der Waals surface area contributed by atoms with Crippen molar-refractivity contribution in [1.82, 2.24) is 8.75 Å². The summed E-state index contributed by atoms with van der Waals surface area (Å²) in [6.45, 7) is 4.19. The Morgan fingerprint density at radius 2 is 1.32 bits per heavy atom. The van der Waals surface area contributed by atoms with Crippen LogP contribution in [-0.4, -0.2) is 26.0 Å². The molecule has 0 radical (unpaired) electrons. The first kappa shape index (κ1) is 25.9. The Balaban J connectivity index is 1.27. The van der Waals surface area contributed by atoms with E-state index in [4.69, 9.17) is 0 Å². The molecule has 3 aromatic carbocycles. The molecular formula is C33H28N4O2S2. The minimum atomic E-state index is -0.201. The molecule has 0 aliphatic heterocycles. The maximum absolute atomic E-state index is 13.1. The zero-order valence-corrected chi connectivity index (χ0v) is 24.5. The third kappa shape index (κ3) is 4.61. The van der Waals surface area contributed by atoms with Gasteiger partial charge in [-0.2, -0.15) is 8.75 Å². The van der Waals surface area contributed by atoms with Gasteiger partial charge in [0.1, 0.15) is 16.0 Å². The van der Waals surface area contributed by atoms with Crippen LogP contribution in [0.3, 0.4) is 0 Å². The van der Waals surface area contributed by atoms with Crippen LogP contribution in [0.4, 0.5) is 22.1 Å². The van der Waals surface area contributed by atoms with Crippen LogP contribution in [0.15, 0.2) is 77.8 Å². The van der Waals surface area contributed by atoms with Crippen molar-refractivity contribution >= 4 is 73.4 Å². The van der Waals surface area contributed by atoms with Gasteiger partial charge in [-0.05, 0) is 75.2 Å². The molecule has 0 amide bonds. The summed E-state index contributed by atoms with van der Waals surface area (Å²) in [6.07, 6.45) is 3.56. The third-order valence-corrected chi connectivity index (χ3v) is 9.83. The normalized spacial score (nSPS) is 18.6. The van der Waals surface area contributed by atoms with Crippen LogP contribution in [-0.2, 0) is 9.59 Å². The molecule has 0 saturated heterocycles. The number of fused-ring (bicyclic) bond motifs is 2. The Kier molecular flexibility index (Phi) is 6.60. The molecule has 2 atom stereocenters. The number of thiophene rings is 1. The molecule has 41 heavy (non-hydrogen) atoms. The second-order valence-electron chi connectivity index (χ2n) is 10.9. The number of carbonyl (C=O) groups is 2. The van der Waals surface area contributed by atoms with E-state index in [-0.39, 0.29) is 29.1 Å². The van der Waals surface area contributed by atoms with Crippen LogP contribution < -0.4 is 4.90 Å². The summed E-state index contributed by atoms with van der Waals surface area (Å²) in [7, 11) is 0. The van der Waals surface area contributed by atoms with Gasteiger partial charge in [0.15, 0.2) is 17.3 Å². The number of Topliss-reactive ketones (excluding diaryl/α,β-unsaturated/α-hetero) is 2. The lowest BCUT2D eigenvalue weighted by molar-refractivity contribution is -0.120. The van der Waals surface area contributed by atoms with Crippen LogP contribution in [0.1, 0.15) is 36.8 Å². The van der Waals surface area contributed by atoms with Gasteiger partial charge in [0, 0.05) is 33.7 Å². The molecule has 0 spiro atoms. The Bertz CT molecular complexity index is 1750. The van der Waals surface area contributed by atoms with E-state index in [9.17, 15) is 9.59 Å². The summed E-state index contributed by atoms with van der Waals surface area (Å²) >= 11 is 2.80. The lowest BCUT2D eigenvalue weighted by Crippen LogP contribution is -2.21. The molecule has 5 aromatic rings. The fraction of sp³-hybridized carbons (Fsp3) is 0.242. The molecule has 2 heterocycles. The van der Waals surface area contributed by atoms with Crippen LogP contribution in [0.2, 0.25) is 0 Å². The Labute approximate surface area is 246 Å². The third-order valence-electron chi connectivity index (χ3n) is 8.19. The quantitative estimate of drug-likeness (QED) is 0.210. The van der Waals surface area contributed by atoms with Gasteiger partial charge in [-0.25, -0.2) is 4.99 Å². The van der Waals surface area contributed by atoms with Crippen molar-refractivity contribution in [3.63, 3.8) is 0 Å². The summed E-state index contributed by atoms with van der Waals surface area (Å²) in [5.74, 6) is -0.605. The zero-order valence-electron chi connectivity index (χ0n) is 22.8. The van der Waals surface area contributed by atoms with E-state index < -0.39 is 0 Å². The lowest BCUT2D eigenvalue weighted by Gasteiger charge is -2.24. The van der Waals surface area contributed by atoms with Gasteiger partial charge in [-0.3, -0.25) is 9.59 Å². The first-order chi connectivity index (χ1) is 20.0. The largest absolute Gasteiger partial charge is 0.302 e. The number of nitrogens with zero attached hydrogens (tertiary/aromatic N) is 4. The molecule has 2 unspecified atom stereocenters. The molecule has 2 saturated carbocycles. The van der Waals surface area contributed by atoms with Gasteiger partial charge < -0.3 is 4.90 Å². The van der Waals surface area contributed by atoms with Gasteiger partial charge in [0.05, 0.1) is 17.4 Å². The predicted octanol–water partition coefficient (Wildman–Crippen LogP) is 8.54. The van der Waals surface area contributed by atoms with E-state index >= 15 is 0 Å². The second kappa shape index (κ2) is 10.4. The molecule has 2 aliphatic rings. The number of aryl methyl sites for hydroxylation is 2. The number of hydrogen-bond acceptors (Lipinski definition) is 8.